The zero-order valence-electron chi connectivity index (χ0n) is 11.6. The Morgan fingerprint density at radius 1 is 1.45 bits per heavy atom. The van der Waals surface area contributed by atoms with Crippen molar-refractivity contribution in [2.45, 2.75) is 51.5 Å². The summed E-state index contributed by atoms with van der Waals surface area (Å²) in [6.45, 7) is 2.10. The van der Waals surface area contributed by atoms with Crippen molar-refractivity contribution in [1.29, 1.82) is 0 Å². The Morgan fingerprint density at radius 2 is 2.15 bits per heavy atom. The SMILES string of the molecule is CCC(Nc1nc(Cl)ccc1[N+](=O)[O-])C1CCCCC1. The molecule has 0 aliphatic heterocycles. The van der Waals surface area contributed by atoms with Crippen LogP contribution < -0.4 is 5.32 Å². The smallest absolute Gasteiger partial charge is 0.311 e. The van der Waals surface area contributed by atoms with Crippen molar-refractivity contribution in [1.82, 2.24) is 4.98 Å². The number of anilines is 1. The van der Waals surface area contributed by atoms with Gasteiger partial charge in [-0.3, -0.25) is 10.1 Å². The lowest BCUT2D eigenvalue weighted by molar-refractivity contribution is -0.384. The van der Waals surface area contributed by atoms with Gasteiger partial charge in [-0.15, -0.1) is 0 Å². The molecule has 1 N–H and O–H groups in total. The highest BCUT2D eigenvalue weighted by atomic mass is 35.5. The number of hydrogen-bond donors (Lipinski definition) is 1. The zero-order valence-corrected chi connectivity index (χ0v) is 12.4. The van der Waals surface area contributed by atoms with E-state index < -0.39 is 4.92 Å². The molecule has 1 aromatic heterocycles. The Labute approximate surface area is 123 Å². The molecule has 1 unspecified atom stereocenters. The summed E-state index contributed by atoms with van der Waals surface area (Å²) in [6.07, 6.45) is 7.07. The van der Waals surface area contributed by atoms with Crippen molar-refractivity contribution < 1.29 is 4.92 Å². The first-order chi connectivity index (χ1) is 9.61. The fraction of sp³-hybridized carbons (Fsp3) is 0.643. The van der Waals surface area contributed by atoms with E-state index in [9.17, 15) is 10.1 Å². The highest BCUT2D eigenvalue weighted by Crippen LogP contribution is 2.32. The molecule has 0 amide bonds. The second-order valence-corrected chi connectivity index (χ2v) is 5.70. The van der Waals surface area contributed by atoms with Crippen molar-refractivity contribution in [3.63, 3.8) is 0 Å². The maximum Gasteiger partial charge on any atom is 0.311 e. The molecule has 110 valence electrons. The lowest BCUT2D eigenvalue weighted by Crippen LogP contribution is -2.30. The van der Waals surface area contributed by atoms with Crippen molar-refractivity contribution in [2.24, 2.45) is 5.92 Å². The van der Waals surface area contributed by atoms with Gasteiger partial charge in [0.2, 0.25) is 5.82 Å². The molecule has 1 saturated carbocycles. The summed E-state index contributed by atoms with van der Waals surface area (Å²) < 4.78 is 0. The molecule has 0 saturated heterocycles. The van der Waals surface area contributed by atoms with E-state index in [1.165, 1.54) is 44.2 Å². The van der Waals surface area contributed by atoms with Gasteiger partial charge in [-0.05, 0) is 31.2 Å². The first-order valence-corrected chi connectivity index (χ1v) is 7.57. The number of pyridine rings is 1. The molecular weight excluding hydrogens is 278 g/mol. The van der Waals surface area contributed by atoms with Crippen molar-refractivity contribution in [2.75, 3.05) is 5.32 Å². The summed E-state index contributed by atoms with van der Waals surface area (Å²) in [7, 11) is 0. The van der Waals surface area contributed by atoms with Crippen LogP contribution >= 0.6 is 11.6 Å². The molecular formula is C14H20ClN3O2. The van der Waals surface area contributed by atoms with Crippen LogP contribution in [0, 0.1) is 16.0 Å². The minimum Gasteiger partial charge on any atom is -0.361 e. The molecule has 1 fully saturated rings. The topological polar surface area (TPSA) is 68.1 Å². The van der Waals surface area contributed by atoms with E-state index in [0.717, 1.165) is 6.42 Å². The molecule has 0 radical (unpaired) electrons. The first kappa shape index (κ1) is 15.0. The average molecular weight is 298 g/mol. The molecule has 6 heteroatoms. The third kappa shape index (κ3) is 3.60. The number of nitrogens with zero attached hydrogens (tertiary/aromatic N) is 2. The number of hydrogen-bond acceptors (Lipinski definition) is 4. The maximum absolute atomic E-state index is 11.1. The van der Waals surface area contributed by atoms with Crippen LogP contribution in [0.4, 0.5) is 11.5 Å². The van der Waals surface area contributed by atoms with Crippen LogP contribution in [0.25, 0.3) is 0 Å². The van der Waals surface area contributed by atoms with E-state index in [4.69, 9.17) is 11.6 Å². The van der Waals surface area contributed by atoms with Gasteiger partial charge in [0.15, 0.2) is 0 Å². The van der Waals surface area contributed by atoms with Crippen LogP contribution in [-0.2, 0) is 0 Å². The molecule has 0 bridgehead atoms. The normalized spacial score (nSPS) is 17.7. The molecule has 2 rings (SSSR count). The lowest BCUT2D eigenvalue weighted by atomic mass is 9.83. The van der Waals surface area contributed by atoms with E-state index in [0.29, 0.717) is 11.7 Å². The molecule has 1 aliphatic rings. The summed E-state index contributed by atoms with van der Waals surface area (Å²) in [4.78, 5) is 14.7. The Hall–Kier alpha value is -1.36. The largest absolute Gasteiger partial charge is 0.361 e. The van der Waals surface area contributed by atoms with Gasteiger partial charge in [-0.25, -0.2) is 4.98 Å². The third-order valence-corrected chi connectivity index (χ3v) is 4.23. The highest BCUT2D eigenvalue weighted by Gasteiger charge is 2.25. The predicted molar refractivity (Wildman–Crippen MR) is 80.2 cm³/mol. The average Bonchev–Trinajstić information content (AvgIpc) is 2.45. The van der Waals surface area contributed by atoms with Gasteiger partial charge >= 0.3 is 5.69 Å². The third-order valence-electron chi connectivity index (χ3n) is 4.02. The monoisotopic (exact) mass is 297 g/mol. The van der Waals surface area contributed by atoms with Crippen molar-refractivity contribution >= 4 is 23.1 Å². The minimum atomic E-state index is -0.417. The van der Waals surface area contributed by atoms with Crippen LogP contribution in [0.1, 0.15) is 45.4 Å². The summed E-state index contributed by atoms with van der Waals surface area (Å²) in [5.74, 6) is 0.856. The second-order valence-electron chi connectivity index (χ2n) is 5.32. The minimum absolute atomic E-state index is 0.0105. The van der Waals surface area contributed by atoms with Gasteiger partial charge in [0, 0.05) is 12.1 Å². The standard InChI is InChI=1S/C14H20ClN3O2/c1-2-11(10-6-4-3-5-7-10)16-14-12(18(19)20)8-9-13(15)17-14/h8-11H,2-7H2,1H3,(H,16,17). The quantitative estimate of drug-likeness (QED) is 0.496. The van der Waals surface area contributed by atoms with Gasteiger partial charge in [0.1, 0.15) is 5.15 Å². The summed E-state index contributed by atoms with van der Waals surface area (Å²) in [6, 6.07) is 3.08. The van der Waals surface area contributed by atoms with Crippen LogP contribution in [0.15, 0.2) is 12.1 Å². The Balaban J connectivity index is 2.17. The number of nitrogens with one attached hydrogen (secondary N) is 1. The molecule has 0 spiro atoms. The molecule has 1 heterocycles. The zero-order chi connectivity index (χ0) is 14.5. The second kappa shape index (κ2) is 6.88. The Kier molecular flexibility index (Phi) is 5.17. The van der Waals surface area contributed by atoms with Crippen LogP contribution in [-0.4, -0.2) is 15.9 Å². The van der Waals surface area contributed by atoms with Gasteiger partial charge in [-0.1, -0.05) is 37.8 Å². The van der Waals surface area contributed by atoms with Gasteiger partial charge in [0.05, 0.1) is 4.92 Å². The number of nitro groups is 1. The van der Waals surface area contributed by atoms with E-state index in [1.807, 2.05) is 0 Å². The fourth-order valence-electron chi connectivity index (χ4n) is 2.95. The summed E-state index contributed by atoms with van der Waals surface area (Å²) >= 11 is 5.86. The first-order valence-electron chi connectivity index (χ1n) is 7.19. The van der Waals surface area contributed by atoms with E-state index in [2.05, 4.69) is 17.2 Å². The van der Waals surface area contributed by atoms with Crippen molar-refractivity contribution in [3.8, 4) is 0 Å². The number of aromatic nitrogens is 1. The number of halogens is 1. The molecule has 5 nitrogen and oxygen atoms in total. The fourth-order valence-corrected chi connectivity index (χ4v) is 3.09. The maximum atomic E-state index is 11.1. The molecule has 0 aromatic carbocycles. The van der Waals surface area contributed by atoms with E-state index >= 15 is 0 Å². The van der Waals surface area contributed by atoms with Gasteiger partial charge in [0.25, 0.3) is 0 Å². The number of rotatable bonds is 5. The van der Waals surface area contributed by atoms with E-state index in [1.54, 1.807) is 0 Å². The summed E-state index contributed by atoms with van der Waals surface area (Å²) in [5, 5.41) is 14.6. The summed E-state index contributed by atoms with van der Waals surface area (Å²) in [5.41, 5.74) is -0.0105. The van der Waals surface area contributed by atoms with Crippen LogP contribution in [0.2, 0.25) is 5.15 Å². The Bertz CT molecular complexity index is 475. The van der Waals surface area contributed by atoms with E-state index in [-0.39, 0.29) is 16.9 Å². The lowest BCUT2D eigenvalue weighted by Gasteiger charge is -2.30. The highest BCUT2D eigenvalue weighted by molar-refractivity contribution is 6.29. The molecule has 1 aliphatic carbocycles. The predicted octanol–water partition coefficient (Wildman–Crippen LogP) is 4.41. The van der Waals surface area contributed by atoms with Crippen LogP contribution in [0.3, 0.4) is 0 Å². The van der Waals surface area contributed by atoms with Crippen molar-refractivity contribution in [3.05, 3.63) is 27.4 Å². The molecule has 1 atom stereocenters. The molecule has 20 heavy (non-hydrogen) atoms. The van der Waals surface area contributed by atoms with Gasteiger partial charge in [-0.2, -0.15) is 0 Å². The Morgan fingerprint density at radius 3 is 2.75 bits per heavy atom. The van der Waals surface area contributed by atoms with Crippen LogP contribution in [0.5, 0.6) is 0 Å². The van der Waals surface area contributed by atoms with Gasteiger partial charge < -0.3 is 5.32 Å². The molecule has 1 aromatic rings.